The van der Waals surface area contributed by atoms with Gasteiger partial charge in [-0.25, -0.2) is 0 Å². The minimum Gasteiger partial charge on any atom is -0.384 e. The van der Waals surface area contributed by atoms with Crippen LogP contribution in [0.1, 0.15) is 33.6 Å². The van der Waals surface area contributed by atoms with E-state index in [-0.39, 0.29) is 23.5 Å². The molecule has 0 fully saturated rings. The van der Waals surface area contributed by atoms with E-state index in [2.05, 4.69) is 10.6 Å². The normalized spacial score (nSPS) is 12.1. The molecule has 0 aromatic heterocycles. The monoisotopic (exact) mass is 304 g/mol. The van der Waals surface area contributed by atoms with Crippen molar-refractivity contribution in [3.63, 3.8) is 0 Å². The van der Waals surface area contributed by atoms with Crippen LogP contribution in [0, 0.1) is 5.92 Å². The van der Waals surface area contributed by atoms with Gasteiger partial charge in [-0.15, -0.1) is 11.6 Å². The van der Waals surface area contributed by atoms with Gasteiger partial charge in [-0.05, 0) is 18.4 Å². The summed E-state index contributed by atoms with van der Waals surface area (Å²) in [5.41, 5.74) is 1.92. The van der Waals surface area contributed by atoms with E-state index >= 15 is 0 Å². The van der Waals surface area contributed by atoms with Crippen LogP contribution in [0.4, 0.5) is 0 Å². The van der Waals surface area contributed by atoms with Crippen LogP contribution in [0.3, 0.4) is 0 Å². The summed E-state index contributed by atoms with van der Waals surface area (Å²) < 4.78 is 4.83. The number of ether oxygens (including phenoxy) is 1. The molecule has 20 heavy (non-hydrogen) atoms. The zero-order valence-corrected chi connectivity index (χ0v) is 13.5. The Hall–Kier alpha value is -1.07. The highest BCUT2D eigenvalue weighted by Crippen LogP contribution is 2.15. The summed E-state index contributed by atoms with van der Waals surface area (Å²) in [6.45, 7) is 6.71. The smallest absolute Gasteiger partial charge is 0.223 e. The Kier molecular flexibility index (Phi) is 10.1. The third kappa shape index (κ3) is 8.17. The lowest BCUT2D eigenvalue weighted by molar-refractivity contribution is -0.122. The molecule has 0 saturated carbocycles. The molecular formula is C14H25ClN2O3. The molecule has 0 bridgehead atoms. The second-order valence-corrected chi connectivity index (χ2v) is 5.16. The van der Waals surface area contributed by atoms with E-state index in [1.165, 1.54) is 0 Å². The van der Waals surface area contributed by atoms with Gasteiger partial charge in [0.25, 0.3) is 0 Å². The predicted octanol–water partition coefficient (Wildman–Crippen LogP) is 1.81. The molecule has 0 spiro atoms. The molecule has 6 heteroatoms. The molecule has 116 valence electrons. The average molecular weight is 305 g/mol. The van der Waals surface area contributed by atoms with Crippen LogP contribution >= 0.6 is 11.6 Å². The first-order valence-electron chi connectivity index (χ1n) is 6.69. The fourth-order valence-electron chi connectivity index (χ4n) is 1.81. The number of alkyl halides is 1. The highest BCUT2D eigenvalue weighted by Gasteiger charge is 2.10. The summed E-state index contributed by atoms with van der Waals surface area (Å²) in [5.74, 6) is 0.190. The number of Topliss-reactive ketones (excluding diaryl/α,β-unsaturated/α-hetero) is 1. The van der Waals surface area contributed by atoms with Crippen molar-refractivity contribution in [3.8, 4) is 0 Å². The lowest BCUT2D eigenvalue weighted by atomic mass is 10.0. The second kappa shape index (κ2) is 10.7. The maximum absolute atomic E-state index is 11.4. The molecule has 0 saturated heterocycles. The molecule has 1 amide bonds. The number of hydrogen-bond donors (Lipinski definition) is 2. The number of carbonyl (C=O) groups is 2. The van der Waals surface area contributed by atoms with Gasteiger partial charge in [0, 0.05) is 25.6 Å². The van der Waals surface area contributed by atoms with Gasteiger partial charge in [-0.1, -0.05) is 13.8 Å². The molecule has 0 unspecified atom stereocenters. The Morgan fingerprint density at radius 2 is 1.90 bits per heavy atom. The summed E-state index contributed by atoms with van der Waals surface area (Å²) >= 11 is 5.51. The number of amides is 1. The zero-order valence-electron chi connectivity index (χ0n) is 12.7. The summed E-state index contributed by atoms with van der Waals surface area (Å²) in [6, 6.07) is 0. The van der Waals surface area contributed by atoms with E-state index in [0.717, 1.165) is 11.3 Å². The number of carbonyl (C=O) groups excluding carboxylic acids is 2. The van der Waals surface area contributed by atoms with Gasteiger partial charge in [0.05, 0.1) is 19.2 Å². The first-order chi connectivity index (χ1) is 9.42. The van der Waals surface area contributed by atoms with Crippen molar-refractivity contribution >= 4 is 23.3 Å². The minimum absolute atomic E-state index is 0.00625. The summed E-state index contributed by atoms with van der Waals surface area (Å²) in [6.07, 6.45) is 0.671. The van der Waals surface area contributed by atoms with E-state index in [4.69, 9.17) is 16.3 Å². The number of ketones is 1. The fraction of sp³-hybridized carbons (Fsp3) is 0.714. The highest BCUT2D eigenvalue weighted by molar-refractivity contribution is 6.27. The Morgan fingerprint density at radius 3 is 2.40 bits per heavy atom. The van der Waals surface area contributed by atoms with Crippen LogP contribution < -0.4 is 10.6 Å². The minimum atomic E-state index is -0.0723. The quantitative estimate of drug-likeness (QED) is 0.477. The van der Waals surface area contributed by atoms with Gasteiger partial charge < -0.3 is 15.4 Å². The molecule has 0 aromatic carbocycles. The van der Waals surface area contributed by atoms with Gasteiger partial charge in [-0.3, -0.25) is 9.59 Å². The van der Waals surface area contributed by atoms with Gasteiger partial charge in [0.15, 0.2) is 5.78 Å². The largest absolute Gasteiger partial charge is 0.384 e. The molecule has 5 nitrogen and oxygen atoms in total. The van der Waals surface area contributed by atoms with Gasteiger partial charge in [-0.2, -0.15) is 0 Å². The van der Waals surface area contributed by atoms with E-state index in [9.17, 15) is 9.59 Å². The topological polar surface area (TPSA) is 67.4 Å². The van der Waals surface area contributed by atoms with Crippen LogP contribution in [-0.2, 0) is 14.3 Å². The molecule has 0 atom stereocenters. The van der Waals surface area contributed by atoms with Crippen molar-refractivity contribution in [2.75, 3.05) is 26.3 Å². The van der Waals surface area contributed by atoms with Crippen LogP contribution in [0.25, 0.3) is 0 Å². The van der Waals surface area contributed by atoms with Crippen molar-refractivity contribution in [2.45, 2.75) is 33.6 Å². The molecular weight excluding hydrogens is 280 g/mol. The van der Waals surface area contributed by atoms with Crippen molar-refractivity contribution < 1.29 is 14.3 Å². The molecule has 0 rings (SSSR count). The number of allylic oxidation sites excluding steroid dienone is 2. The van der Waals surface area contributed by atoms with Crippen molar-refractivity contribution in [1.82, 2.24) is 10.6 Å². The molecule has 2 N–H and O–H groups in total. The molecule has 0 heterocycles. The predicted molar refractivity (Wildman–Crippen MR) is 80.5 cm³/mol. The number of hydrogen-bond acceptors (Lipinski definition) is 4. The Labute approximate surface area is 126 Å². The van der Waals surface area contributed by atoms with Crippen molar-refractivity contribution in [1.29, 1.82) is 0 Å². The number of halogens is 1. The van der Waals surface area contributed by atoms with Gasteiger partial charge >= 0.3 is 0 Å². The molecule has 0 aromatic rings. The summed E-state index contributed by atoms with van der Waals surface area (Å²) in [4.78, 5) is 22.8. The van der Waals surface area contributed by atoms with E-state index in [1.54, 1.807) is 7.11 Å². The van der Waals surface area contributed by atoms with Crippen LogP contribution in [-0.4, -0.2) is 38.0 Å². The van der Waals surface area contributed by atoms with E-state index in [0.29, 0.717) is 26.1 Å². The maximum atomic E-state index is 11.4. The van der Waals surface area contributed by atoms with Crippen molar-refractivity contribution in [2.24, 2.45) is 5.92 Å². The number of rotatable bonds is 10. The average Bonchev–Trinajstić information content (AvgIpc) is 2.40. The van der Waals surface area contributed by atoms with E-state index in [1.807, 2.05) is 20.8 Å². The molecule has 0 aliphatic heterocycles. The maximum Gasteiger partial charge on any atom is 0.223 e. The number of methoxy groups -OCH3 is 1. The van der Waals surface area contributed by atoms with Crippen LogP contribution in [0.5, 0.6) is 0 Å². The first kappa shape index (κ1) is 18.9. The fourth-order valence-corrected chi connectivity index (χ4v) is 1.90. The molecule has 0 aliphatic rings. The van der Waals surface area contributed by atoms with Crippen LogP contribution in [0.15, 0.2) is 11.3 Å². The lowest BCUT2D eigenvalue weighted by Crippen LogP contribution is -2.35. The summed E-state index contributed by atoms with van der Waals surface area (Å²) in [5, 5.41) is 5.92. The van der Waals surface area contributed by atoms with E-state index < -0.39 is 0 Å². The Morgan fingerprint density at radius 1 is 1.25 bits per heavy atom. The Bertz CT molecular complexity index is 354. The number of nitrogens with one attached hydrogen (secondary N) is 2. The third-order valence-corrected chi connectivity index (χ3v) is 3.04. The Balaban J connectivity index is 4.38. The van der Waals surface area contributed by atoms with Crippen LogP contribution in [0.2, 0.25) is 0 Å². The summed E-state index contributed by atoms with van der Waals surface area (Å²) in [7, 11) is 1.56. The third-order valence-electron chi connectivity index (χ3n) is 2.75. The first-order valence-corrected chi connectivity index (χ1v) is 7.22. The highest BCUT2D eigenvalue weighted by atomic mass is 35.5. The molecule has 0 aliphatic carbocycles. The SMILES string of the molecule is COCCC(=O)NCNC(=C(C)CC(=O)CCl)C(C)C. The van der Waals surface area contributed by atoms with Crippen molar-refractivity contribution in [3.05, 3.63) is 11.3 Å². The van der Waals surface area contributed by atoms with Gasteiger partial charge in [0.1, 0.15) is 0 Å². The zero-order chi connectivity index (χ0) is 15.5. The van der Waals surface area contributed by atoms with Gasteiger partial charge in [0.2, 0.25) is 5.91 Å². The lowest BCUT2D eigenvalue weighted by Gasteiger charge is -2.18. The second-order valence-electron chi connectivity index (χ2n) is 4.89. The molecule has 0 radical (unpaired) electrons. The standard InChI is InChI=1S/C14H25ClN2O3/c1-10(2)14(11(3)7-12(18)8-15)17-9-16-13(19)5-6-20-4/h10,17H,5-9H2,1-4H3,(H,16,19).